The lowest BCUT2D eigenvalue weighted by atomic mass is 10.1. The summed E-state index contributed by atoms with van der Waals surface area (Å²) >= 11 is 0. The van der Waals surface area contributed by atoms with E-state index in [9.17, 15) is 18.0 Å². The maximum absolute atomic E-state index is 13.1. The highest BCUT2D eigenvalue weighted by Crippen LogP contribution is 2.31. The van der Waals surface area contributed by atoms with Crippen LogP contribution in [0.2, 0.25) is 0 Å². The quantitative estimate of drug-likeness (QED) is 0.815. The smallest absolute Gasteiger partial charge is 0.339 e. The molecule has 1 atom stereocenters. The predicted octanol–water partition coefficient (Wildman–Crippen LogP) is 2.23. The lowest BCUT2D eigenvalue weighted by molar-refractivity contribution is -0.142. The highest BCUT2D eigenvalue weighted by atomic mass is 19.4. The van der Waals surface area contributed by atoms with Crippen molar-refractivity contribution < 1.29 is 18.0 Å². The summed E-state index contributed by atoms with van der Waals surface area (Å²) in [5.74, 6) is 0.181. The standard InChI is InChI=1S/C18H25F3N4O/c1-13(2)25-7-5-15(17(25)26)24-10-8-23(9-11-24)12-14-4-3-6-22-16(14)18(19,20)21/h3-4,6,13,15H,5,7-12H2,1-2H3. The van der Waals surface area contributed by atoms with Crippen molar-refractivity contribution in [1.29, 1.82) is 0 Å². The van der Waals surface area contributed by atoms with Gasteiger partial charge < -0.3 is 4.90 Å². The molecule has 2 aliphatic heterocycles. The van der Waals surface area contributed by atoms with E-state index in [-0.39, 0.29) is 30.1 Å². The van der Waals surface area contributed by atoms with E-state index >= 15 is 0 Å². The summed E-state index contributed by atoms with van der Waals surface area (Å²) in [5.41, 5.74) is -0.600. The number of carbonyl (C=O) groups excluding carboxylic acids is 1. The molecule has 3 rings (SSSR count). The van der Waals surface area contributed by atoms with E-state index in [1.807, 2.05) is 23.6 Å². The fourth-order valence-electron chi connectivity index (χ4n) is 3.83. The van der Waals surface area contributed by atoms with Crippen LogP contribution in [0.4, 0.5) is 13.2 Å². The molecule has 2 saturated heterocycles. The summed E-state index contributed by atoms with van der Waals surface area (Å²) in [6.45, 7) is 7.75. The van der Waals surface area contributed by atoms with Crippen LogP contribution in [0, 0.1) is 0 Å². The number of likely N-dealkylation sites (tertiary alicyclic amines) is 1. The van der Waals surface area contributed by atoms with Gasteiger partial charge in [-0.25, -0.2) is 0 Å². The van der Waals surface area contributed by atoms with Crippen molar-refractivity contribution in [3.8, 4) is 0 Å². The van der Waals surface area contributed by atoms with Crippen LogP contribution in [-0.2, 0) is 17.5 Å². The van der Waals surface area contributed by atoms with Gasteiger partial charge in [0.05, 0.1) is 6.04 Å². The molecule has 1 aromatic heterocycles. The molecule has 1 unspecified atom stereocenters. The second-order valence-corrected chi connectivity index (χ2v) is 7.25. The molecule has 0 aliphatic carbocycles. The molecule has 0 spiro atoms. The third-order valence-corrected chi connectivity index (χ3v) is 5.24. The van der Waals surface area contributed by atoms with Crippen LogP contribution >= 0.6 is 0 Å². The van der Waals surface area contributed by atoms with Crippen LogP contribution in [-0.4, -0.2) is 70.4 Å². The molecule has 0 bridgehead atoms. The summed E-state index contributed by atoms with van der Waals surface area (Å²) < 4.78 is 39.2. The van der Waals surface area contributed by atoms with E-state index in [4.69, 9.17) is 0 Å². The first-order valence-corrected chi connectivity index (χ1v) is 9.05. The first kappa shape index (κ1) is 19.1. The Balaban J connectivity index is 1.58. The Kier molecular flexibility index (Phi) is 5.53. The first-order chi connectivity index (χ1) is 12.3. The molecule has 3 heterocycles. The fourth-order valence-corrected chi connectivity index (χ4v) is 3.83. The van der Waals surface area contributed by atoms with E-state index in [1.54, 1.807) is 6.07 Å². The Bertz CT molecular complexity index is 642. The van der Waals surface area contributed by atoms with Gasteiger partial charge in [0.15, 0.2) is 0 Å². The number of pyridine rings is 1. The minimum Gasteiger partial charge on any atom is -0.339 e. The van der Waals surface area contributed by atoms with Crippen molar-refractivity contribution in [2.45, 2.75) is 45.1 Å². The van der Waals surface area contributed by atoms with Crippen LogP contribution < -0.4 is 0 Å². The number of alkyl halides is 3. The Labute approximate surface area is 151 Å². The van der Waals surface area contributed by atoms with E-state index in [2.05, 4.69) is 9.88 Å². The van der Waals surface area contributed by atoms with E-state index in [0.717, 1.165) is 13.0 Å². The zero-order valence-corrected chi connectivity index (χ0v) is 15.2. The highest BCUT2D eigenvalue weighted by molar-refractivity contribution is 5.84. The van der Waals surface area contributed by atoms with Gasteiger partial charge in [-0.1, -0.05) is 6.07 Å². The molecule has 8 heteroatoms. The average Bonchev–Trinajstić information content (AvgIpc) is 2.97. The third kappa shape index (κ3) is 4.01. The first-order valence-electron chi connectivity index (χ1n) is 9.05. The SMILES string of the molecule is CC(C)N1CCC(N2CCN(Cc3cccnc3C(F)(F)F)CC2)C1=O. The van der Waals surface area contributed by atoms with Gasteiger partial charge >= 0.3 is 6.18 Å². The molecular weight excluding hydrogens is 345 g/mol. The minimum absolute atomic E-state index is 0.0799. The van der Waals surface area contributed by atoms with Crippen molar-refractivity contribution in [3.05, 3.63) is 29.6 Å². The van der Waals surface area contributed by atoms with Crippen molar-refractivity contribution >= 4 is 5.91 Å². The summed E-state index contributed by atoms with van der Waals surface area (Å²) in [7, 11) is 0. The van der Waals surface area contributed by atoms with Crippen LogP contribution in [0.15, 0.2) is 18.3 Å². The average molecular weight is 370 g/mol. The molecule has 2 fully saturated rings. The van der Waals surface area contributed by atoms with Crippen LogP contribution in [0.1, 0.15) is 31.5 Å². The van der Waals surface area contributed by atoms with E-state index in [1.165, 1.54) is 12.3 Å². The Morgan fingerprint density at radius 3 is 2.46 bits per heavy atom. The Morgan fingerprint density at radius 1 is 1.19 bits per heavy atom. The highest BCUT2D eigenvalue weighted by Gasteiger charge is 2.39. The summed E-state index contributed by atoms with van der Waals surface area (Å²) in [6, 6.07) is 3.16. The summed E-state index contributed by atoms with van der Waals surface area (Å²) in [4.78, 5) is 22.1. The van der Waals surface area contributed by atoms with Gasteiger partial charge in [0, 0.05) is 51.5 Å². The van der Waals surface area contributed by atoms with Gasteiger partial charge in [-0.2, -0.15) is 13.2 Å². The Hall–Kier alpha value is -1.67. The maximum atomic E-state index is 13.1. The van der Waals surface area contributed by atoms with Gasteiger partial charge in [-0.3, -0.25) is 19.6 Å². The van der Waals surface area contributed by atoms with Gasteiger partial charge in [-0.15, -0.1) is 0 Å². The van der Waals surface area contributed by atoms with E-state index in [0.29, 0.717) is 26.2 Å². The normalized spacial score (nSPS) is 23.2. The number of piperazine rings is 1. The number of aromatic nitrogens is 1. The molecule has 1 aromatic rings. The number of amides is 1. The van der Waals surface area contributed by atoms with Crippen LogP contribution in [0.25, 0.3) is 0 Å². The number of rotatable bonds is 4. The van der Waals surface area contributed by atoms with E-state index < -0.39 is 11.9 Å². The molecule has 2 aliphatic rings. The molecule has 1 amide bonds. The second-order valence-electron chi connectivity index (χ2n) is 7.25. The van der Waals surface area contributed by atoms with Crippen LogP contribution in [0.5, 0.6) is 0 Å². The number of hydrogen-bond acceptors (Lipinski definition) is 4. The van der Waals surface area contributed by atoms with Gasteiger partial charge in [0.2, 0.25) is 5.91 Å². The van der Waals surface area contributed by atoms with Crippen molar-refractivity contribution in [3.63, 3.8) is 0 Å². The van der Waals surface area contributed by atoms with Crippen LogP contribution in [0.3, 0.4) is 0 Å². The number of nitrogens with zero attached hydrogens (tertiary/aromatic N) is 4. The predicted molar refractivity (Wildman–Crippen MR) is 91.3 cm³/mol. The third-order valence-electron chi connectivity index (χ3n) is 5.24. The number of hydrogen-bond donors (Lipinski definition) is 0. The lowest BCUT2D eigenvalue weighted by Crippen LogP contribution is -2.52. The minimum atomic E-state index is -4.44. The summed E-state index contributed by atoms with van der Waals surface area (Å²) in [6.07, 6.45) is -2.43. The van der Waals surface area contributed by atoms with Crippen molar-refractivity contribution in [1.82, 2.24) is 19.7 Å². The molecule has 144 valence electrons. The lowest BCUT2D eigenvalue weighted by Gasteiger charge is -2.37. The van der Waals surface area contributed by atoms with Gasteiger partial charge in [-0.05, 0) is 31.9 Å². The Morgan fingerprint density at radius 2 is 1.88 bits per heavy atom. The van der Waals surface area contributed by atoms with Gasteiger partial charge in [0.1, 0.15) is 5.69 Å². The number of halogens is 3. The molecule has 0 radical (unpaired) electrons. The second kappa shape index (κ2) is 7.52. The molecule has 0 aromatic carbocycles. The zero-order chi connectivity index (χ0) is 18.9. The fraction of sp³-hybridized carbons (Fsp3) is 0.667. The maximum Gasteiger partial charge on any atom is 0.433 e. The number of carbonyl (C=O) groups is 1. The monoisotopic (exact) mass is 370 g/mol. The summed E-state index contributed by atoms with van der Waals surface area (Å²) in [5, 5.41) is 0. The molecule has 26 heavy (non-hydrogen) atoms. The van der Waals surface area contributed by atoms with Gasteiger partial charge in [0.25, 0.3) is 0 Å². The molecular formula is C18H25F3N4O. The molecule has 0 saturated carbocycles. The zero-order valence-electron chi connectivity index (χ0n) is 15.2. The van der Waals surface area contributed by atoms with Crippen molar-refractivity contribution in [2.24, 2.45) is 0 Å². The molecule has 5 nitrogen and oxygen atoms in total. The largest absolute Gasteiger partial charge is 0.433 e. The topological polar surface area (TPSA) is 39.7 Å². The molecule has 0 N–H and O–H groups in total. The van der Waals surface area contributed by atoms with Crippen molar-refractivity contribution in [2.75, 3.05) is 32.7 Å².